The standard InChI is InChI=1S/C25H26ClN7O2/c1-2-21(34)32-11-5-7-18(13-32)33-25-22(24(27)29-15-30-25)23(31-33)16-8-9-20(19(26)12-16)35-14-17-6-3-4-10-28-17/h2-4,6,8-10,12,18,29H,1,5,7,11,13-15,27H2/t18-/m0/s1. The normalized spacial score (nSPS) is 17.2. The second-order valence-electron chi connectivity index (χ2n) is 8.44. The predicted octanol–water partition coefficient (Wildman–Crippen LogP) is 1.73. The van der Waals surface area contributed by atoms with Gasteiger partial charge < -0.3 is 20.7 Å². The molecule has 2 aliphatic rings. The minimum Gasteiger partial charge on any atom is -0.486 e. The lowest BCUT2D eigenvalue weighted by atomic mass is 10.1. The lowest BCUT2D eigenvalue weighted by molar-refractivity contribution is -0.127. The number of hydrogen-bond acceptors (Lipinski definition) is 7. The summed E-state index contributed by atoms with van der Waals surface area (Å²) in [5.41, 5.74) is 9.35. The highest BCUT2D eigenvalue weighted by Gasteiger charge is 2.27. The third-order valence-corrected chi connectivity index (χ3v) is 6.48. The van der Waals surface area contributed by atoms with E-state index in [1.54, 1.807) is 11.1 Å². The van der Waals surface area contributed by atoms with Crippen LogP contribution in [0.3, 0.4) is 0 Å². The molecule has 3 N–H and O–H groups in total. The minimum atomic E-state index is -0.0753. The first kappa shape index (κ1) is 22.9. The number of ether oxygens (including phenoxy) is 1. The van der Waals surface area contributed by atoms with Crippen LogP contribution in [0.1, 0.15) is 24.6 Å². The number of carbonyl (C=O) groups excluding carboxylic acids is 1. The van der Waals surface area contributed by atoms with Crippen LogP contribution in [-0.4, -0.2) is 45.3 Å². The van der Waals surface area contributed by atoms with Crippen molar-refractivity contribution < 1.29 is 9.53 Å². The van der Waals surface area contributed by atoms with Gasteiger partial charge in [-0.3, -0.25) is 9.78 Å². The Hall–Kier alpha value is -3.85. The van der Waals surface area contributed by atoms with Crippen molar-refractivity contribution in [1.82, 2.24) is 25.0 Å². The number of nitrogens with one attached hydrogen (secondary N) is 1. The fourth-order valence-corrected chi connectivity index (χ4v) is 4.69. The van der Waals surface area contributed by atoms with Crippen molar-refractivity contribution in [2.75, 3.05) is 19.8 Å². The van der Waals surface area contributed by atoms with Gasteiger partial charge in [-0.25, -0.2) is 9.67 Å². The topological polar surface area (TPSA) is 111 Å². The molecule has 2 aromatic heterocycles. The second kappa shape index (κ2) is 9.79. The Morgan fingerprint density at radius 1 is 1.34 bits per heavy atom. The Morgan fingerprint density at radius 2 is 2.23 bits per heavy atom. The highest BCUT2D eigenvalue weighted by molar-refractivity contribution is 6.32. The lowest BCUT2D eigenvalue weighted by Crippen LogP contribution is -2.47. The number of nitrogens with zero attached hydrogens (tertiary/aromatic N) is 5. The zero-order valence-electron chi connectivity index (χ0n) is 19.2. The number of benzene rings is 1. The maximum atomic E-state index is 12.2. The molecule has 0 unspecified atom stereocenters. The Kier molecular flexibility index (Phi) is 6.41. The van der Waals surface area contributed by atoms with Gasteiger partial charge in [-0.15, -0.1) is 0 Å². The van der Waals surface area contributed by atoms with Gasteiger partial charge in [0.1, 0.15) is 30.5 Å². The zero-order valence-corrected chi connectivity index (χ0v) is 19.9. The van der Waals surface area contributed by atoms with Gasteiger partial charge in [-0.1, -0.05) is 24.2 Å². The molecule has 35 heavy (non-hydrogen) atoms. The number of amides is 1. The molecule has 1 saturated heterocycles. The Balaban J connectivity index is 1.48. The van der Waals surface area contributed by atoms with Gasteiger partial charge in [-0.2, -0.15) is 5.10 Å². The SMILES string of the molecule is C=CC(=O)N1CCC[C@H](n2nc(-c3ccc(OCc4ccccn4)c(Cl)c3)c3c2=NCNC=3N)C1. The van der Waals surface area contributed by atoms with E-state index in [4.69, 9.17) is 27.2 Å². The highest BCUT2D eigenvalue weighted by atomic mass is 35.5. The maximum absolute atomic E-state index is 12.2. The van der Waals surface area contributed by atoms with Crippen molar-refractivity contribution in [3.8, 4) is 17.0 Å². The molecule has 1 fully saturated rings. The van der Waals surface area contributed by atoms with Crippen molar-refractivity contribution in [3.05, 3.63) is 76.7 Å². The first-order valence-electron chi connectivity index (χ1n) is 11.5. The summed E-state index contributed by atoms with van der Waals surface area (Å²) < 4.78 is 7.77. The lowest BCUT2D eigenvalue weighted by Gasteiger charge is -2.32. The number of fused-ring (bicyclic) bond motifs is 1. The van der Waals surface area contributed by atoms with Crippen LogP contribution >= 0.6 is 11.6 Å². The number of halogens is 1. The van der Waals surface area contributed by atoms with Crippen LogP contribution in [-0.2, 0) is 11.4 Å². The van der Waals surface area contributed by atoms with Crippen LogP contribution in [0.15, 0.2) is 60.2 Å². The van der Waals surface area contributed by atoms with Gasteiger partial charge in [0.25, 0.3) is 0 Å². The van der Waals surface area contributed by atoms with E-state index in [-0.39, 0.29) is 11.9 Å². The highest BCUT2D eigenvalue weighted by Crippen LogP contribution is 2.30. The van der Waals surface area contributed by atoms with Crippen molar-refractivity contribution in [1.29, 1.82) is 0 Å². The summed E-state index contributed by atoms with van der Waals surface area (Å²) >= 11 is 6.58. The smallest absolute Gasteiger partial charge is 0.246 e. The first-order chi connectivity index (χ1) is 17.0. The molecular weight excluding hydrogens is 466 g/mol. The summed E-state index contributed by atoms with van der Waals surface area (Å²) in [6.07, 6.45) is 4.84. The van der Waals surface area contributed by atoms with Crippen LogP contribution in [0.25, 0.3) is 17.1 Å². The number of pyridine rings is 1. The molecule has 4 heterocycles. The number of hydrogen-bond donors (Lipinski definition) is 2. The summed E-state index contributed by atoms with van der Waals surface area (Å²) in [6, 6.07) is 11.2. The van der Waals surface area contributed by atoms with Crippen LogP contribution in [0, 0.1) is 0 Å². The van der Waals surface area contributed by atoms with Gasteiger partial charge in [0.2, 0.25) is 5.91 Å². The largest absolute Gasteiger partial charge is 0.486 e. The van der Waals surface area contributed by atoms with E-state index >= 15 is 0 Å². The summed E-state index contributed by atoms with van der Waals surface area (Å²) in [7, 11) is 0. The monoisotopic (exact) mass is 491 g/mol. The zero-order chi connectivity index (χ0) is 24.4. The molecule has 180 valence electrons. The molecular formula is C25H26ClN7O2. The van der Waals surface area contributed by atoms with Gasteiger partial charge in [0, 0.05) is 24.8 Å². The molecule has 1 atom stereocenters. The van der Waals surface area contributed by atoms with Crippen LogP contribution in [0.4, 0.5) is 0 Å². The Morgan fingerprint density at radius 3 is 3.00 bits per heavy atom. The van der Waals surface area contributed by atoms with E-state index in [0.717, 1.165) is 29.3 Å². The molecule has 2 aliphatic heterocycles. The quantitative estimate of drug-likeness (QED) is 0.508. The molecule has 0 spiro atoms. The van der Waals surface area contributed by atoms with Crippen molar-refractivity contribution in [3.63, 3.8) is 0 Å². The molecule has 1 aromatic carbocycles. The molecule has 3 aromatic rings. The van der Waals surface area contributed by atoms with Gasteiger partial charge in [0.05, 0.1) is 22.0 Å². The van der Waals surface area contributed by atoms with E-state index in [9.17, 15) is 4.79 Å². The molecule has 9 nitrogen and oxygen atoms in total. The molecule has 0 radical (unpaired) electrons. The third-order valence-electron chi connectivity index (χ3n) is 6.19. The van der Waals surface area contributed by atoms with E-state index < -0.39 is 0 Å². The average molecular weight is 492 g/mol. The third kappa shape index (κ3) is 4.59. The number of rotatable bonds is 6. The molecule has 0 aliphatic carbocycles. The van der Waals surface area contributed by atoms with E-state index in [2.05, 4.69) is 21.9 Å². The molecule has 0 saturated carbocycles. The van der Waals surface area contributed by atoms with Crippen molar-refractivity contribution in [2.24, 2.45) is 10.7 Å². The summed E-state index contributed by atoms with van der Waals surface area (Å²) in [4.78, 5) is 22.9. The summed E-state index contributed by atoms with van der Waals surface area (Å²) in [5, 5.41) is 9.22. The number of likely N-dealkylation sites (tertiary alicyclic amines) is 1. The van der Waals surface area contributed by atoms with E-state index in [1.807, 2.05) is 41.1 Å². The van der Waals surface area contributed by atoms with Crippen molar-refractivity contribution in [2.45, 2.75) is 25.5 Å². The Labute approximate surface area is 207 Å². The number of nitrogens with two attached hydrogens (primary N) is 1. The van der Waals surface area contributed by atoms with E-state index in [0.29, 0.717) is 54.1 Å². The van der Waals surface area contributed by atoms with Crippen molar-refractivity contribution >= 4 is 23.3 Å². The predicted molar refractivity (Wildman–Crippen MR) is 133 cm³/mol. The first-order valence-corrected chi connectivity index (χ1v) is 11.8. The number of piperidine rings is 1. The van der Waals surface area contributed by atoms with Gasteiger partial charge in [-0.05, 0) is 49.2 Å². The minimum absolute atomic E-state index is 0.0127. The molecule has 10 heteroatoms. The van der Waals surface area contributed by atoms with Crippen LogP contribution in [0.2, 0.25) is 5.02 Å². The molecule has 0 bridgehead atoms. The fourth-order valence-electron chi connectivity index (χ4n) is 4.45. The maximum Gasteiger partial charge on any atom is 0.246 e. The fraction of sp³-hybridized carbons (Fsp3) is 0.280. The van der Waals surface area contributed by atoms with Gasteiger partial charge in [0.15, 0.2) is 5.49 Å². The summed E-state index contributed by atoms with van der Waals surface area (Å²) in [6.45, 7) is 5.55. The number of aromatic nitrogens is 3. The average Bonchev–Trinajstić information content (AvgIpc) is 3.29. The van der Waals surface area contributed by atoms with Crippen LogP contribution < -0.4 is 26.5 Å². The summed E-state index contributed by atoms with van der Waals surface area (Å²) in [5.74, 6) is 0.992. The molecule has 5 rings (SSSR count). The van der Waals surface area contributed by atoms with Crippen LogP contribution in [0.5, 0.6) is 5.75 Å². The molecule has 1 amide bonds. The second-order valence-corrected chi connectivity index (χ2v) is 8.85. The van der Waals surface area contributed by atoms with Gasteiger partial charge >= 0.3 is 0 Å². The van der Waals surface area contributed by atoms with E-state index in [1.165, 1.54) is 6.08 Å². The number of carbonyl (C=O) groups is 1. The Bertz CT molecular complexity index is 1390.